The maximum atomic E-state index is 14.0. The molecule has 49 heavy (non-hydrogen) atoms. The highest BCUT2D eigenvalue weighted by Gasteiger charge is 2.40. The van der Waals surface area contributed by atoms with Gasteiger partial charge in [-0.2, -0.15) is 0 Å². The maximum Gasteiger partial charge on any atom is 0.408 e. The Morgan fingerprint density at radius 1 is 0.980 bits per heavy atom. The minimum atomic E-state index is -1.41. The highest BCUT2D eigenvalue weighted by Crippen LogP contribution is 2.30. The standard InChI is InChI=1S/C36H46N6O7/c1-35(2,3)49-34(47)41-36(4,5)33(46)38-25(20-19-23-14-9-7-10-15-23)30(43)40-27-22-37-29(39-27)28(24-16-11-8-12-17-24)31(44)42-21-13-18-26(42)32(45)48-6/h7-12,14-17,22,25-26,28H,13,18-21H2,1-6H3,(H,37,39)(H,38,46)(H,40,43)(H,41,47)/t25-,26?,28?/m1/s1. The predicted molar refractivity (Wildman–Crippen MR) is 182 cm³/mol. The van der Waals surface area contributed by atoms with Crippen LogP contribution in [0.3, 0.4) is 0 Å². The van der Waals surface area contributed by atoms with Gasteiger partial charge in [0.15, 0.2) is 5.82 Å². The van der Waals surface area contributed by atoms with Crippen molar-refractivity contribution in [2.24, 2.45) is 0 Å². The molecule has 4 rings (SSSR count). The summed E-state index contributed by atoms with van der Waals surface area (Å²) in [7, 11) is 1.30. The molecule has 2 unspecified atom stereocenters. The summed E-state index contributed by atoms with van der Waals surface area (Å²) in [6, 6.07) is 16.9. The van der Waals surface area contributed by atoms with E-state index in [1.807, 2.05) is 48.5 Å². The van der Waals surface area contributed by atoms with Crippen molar-refractivity contribution < 1.29 is 33.4 Å². The Balaban J connectivity index is 1.55. The summed E-state index contributed by atoms with van der Waals surface area (Å²) in [6.45, 7) is 8.58. The van der Waals surface area contributed by atoms with Gasteiger partial charge in [0.25, 0.3) is 0 Å². The predicted octanol–water partition coefficient (Wildman–Crippen LogP) is 4.07. The number of esters is 1. The van der Waals surface area contributed by atoms with Gasteiger partial charge in [-0.25, -0.2) is 14.6 Å². The molecular formula is C36H46N6O7. The highest BCUT2D eigenvalue weighted by atomic mass is 16.6. The molecule has 0 saturated carbocycles. The quantitative estimate of drug-likeness (QED) is 0.208. The molecule has 1 aliphatic rings. The Kier molecular flexibility index (Phi) is 11.8. The number of amides is 4. The van der Waals surface area contributed by atoms with Crippen molar-refractivity contribution in [1.29, 1.82) is 0 Å². The van der Waals surface area contributed by atoms with Crippen molar-refractivity contribution in [3.63, 3.8) is 0 Å². The van der Waals surface area contributed by atoms with Crippen LogP contribution in [0, 0.1) is 0 Å². The summed E-state index contributed by atoms with van der Waals surface area (Å²) in [5, 5.41) is 8.13. The average molecular weight is 675 g/mol. The Labute approximate surface area is 286 Å². The summed E-state index contributed by atoms with van der Waals surface area (Å²) in [5.41, 5.74) is -0.547. The van der Waals surface area contributed by atoms with Crippen molar-refractivity contribution in [3.05, 3.63) is 83.8 Å². The van der Waals surface area contributed by atoms with Gasteiger partial charge in [0, 0.05) is 12.7 Å². The first-order valence-electron chi connectivity index (χ1n) is 16.3. The van der Waals surface area contributed by atoms with Crippen LogP contribution in [-0.4, -0.2) is 81.5 Å². The summed E-state index contributed by atoms with van der Waals surface area (Å²) in [4.78, 5) is 75.2. The molecule has 262 valence electrons. The summed E-state index contributed by atoms with van der Waals surface area (Å²) in [6.07, 6.45) is 2.59. The van der Waals surface area contributed by atoms with Crippen LogP contribution in [-0.2, 0) is 35.1 Å². The van der Waals surface area contributed by atoms with Gasteiger partial charge in [-0.15, -0.1) is 0 Å². The lowest BCUT2D eigenvalue weighted by Crippen LogP contribution is -2.59. The van der Waals surface area contributed by atoms with Gasteiger partial charge in [-0.05, 0) is 71.4 Å². The zero-order chi connectivity index (χ0) is 35.8. The molecule has 1 aliphatic heterocycles. The van der Waals surface area contributed by atoms with Crippen LogP contribution >= 0.6 is 0 Å². The first-order valence-corrected chi connectivity index (χ1v) is 16.3. The molecule has 4 N–H and O–H groups in total. The van der Waals surface area contributed by atoms with E-state index < -0.39 is 53.0 Å². The number of alkyl carbamates (subject to hydrolysis) is 1. The SMILES string of the molecule is COC(=O)C1CCCN1C(=O)C(c1ccccc1)c1nc(NC(=O)[C@@H](CCc2ccccc2)NC(=O)C(C)(C)NC(=O)OC(C)(C)C)c[nH]1. The van der Waals surface area contributed by atoms with Gasteiger partial charge in [0.2, 0.25) is 17.7 Å². The number of carbonyl (C=O) groups is 5. The number of nitrogens with zero attached hydrogens (tertiary/aromatic N) is 2. The van der Waals surface area contributed by atoms with E-state index in [-0.39, 0.29) is 24.0 Å². The van der Waals surface area contributed by atoms with Crippen molar-refractivity contribution in [2.75, 3.05) is 19.0 Å². The third-order valence-electron chi connectivity index (χ3n) is 8.08. The number of hydrogen-bond donors (Lipinski definition) is 4. The van der Waals surface area contributed by atoms with Gasteiger partial charge in [-0.1, -0.05) is 60.7 Å². The largest absolute Gasteiger partial charge is 0.467 e. The van der Waals surface area contributed by atoms with E-state index in [0.717, 1.165) is 5.56 Å². The molecule has 1 saturated heterocycles. The molecule has 3 aromatic rings. The van der Waals surface area contributed by atoms with Gasteiger partial charge >= 0.3 is 12.1 Å². The number of carbonyl (C=O) groups excluding carboxylic acids is 5. The number of benzene rings is 2. The molecule has 0 radical (unpaired) electrons. The minimum Gasteiger partial charge on any atom is -0.467 e. The number of aromatic nitrogens is 2. The van der Waals surface area contributed by atoms with Gasteiger partial charge < -0.3 is 35.3 Å². The van der Waals surface area contributed by atoms with Gasteiger partial charge in [0.05, 0.1) is 7.11 Å². The summed E-state index contributed by atoms with van der Waals surface area (Å²) in [5.74, 6) is -2.39. The molecule has 2 aromatic carbocycles. The number of nitrogens with one attached hydrogen (secondary N) is 4. The zero-order valence-corrected chi connectivity index (χ0v) is 28.9. The van der Waals surface area contributed by atoms with Crippen molar-refractivity contribution >= 4 is 35.6 Å². The third-order valence-corrected chi connectivity index (χ3v) is 8.08. The number of hydrogen-bond acceptors (Lipinski definition) is 8. The zero-order valence-electron chi connectivity index (χ0n) is 28.9. The number of rotatable bonds is 12. The van der Waals surface area contributed by atoms with E-state index in [2.05, 4.69) is 25.9 Å². The molecule has 4 amide bonds. The van der Waals surface area contributed by atoms with Crippen molar-refractivity contribution in [2.45, 2.75) is 89.4 Å². The van der Waals surface area contributed by atoms with Crippen LogP contribution in [0.5, 0.6) is 0 Å². The topological polar surface area (TPSA) is 172 Å². The monoisotopic (exact) mass is 674 g/mol. The summed E-state index contributed by atoms with van der Waals surface area (Å²) >= 11 is 0. The molecule has 1 aromatic heterocycles. The molecule has 13 heteroatoms. The van der Waals surface area contributed by atoms with Gasteiger partial charge in [0.1, 0.15) is 35.0 Å². The number of aryl methyl sites for hydroxylation is 1. The van der Waals surface area contributed by atoms with E-state index in [9.17, 15) is 24.0 Å². The van der Waals surface area contributed by atoms with Crippen molar-refractivity contribution in [3.8, 4) is 0 Å². The molecule has 1 fully saturated rings. The average Bonchev–Trinajstić information content (AvgIpc) is 3.72. The summed E-state index contributed by atoms with van der Waals surface area (Å²) < 4.78 is 10.3. The van der Waals surface area contributed by atoms with E-state index in [0.29, 0.717) is 31.4 Å². The molecule has 2 heterocycles. The lowest BCUT2D eigenvalue weighted by atomic mass is 9.96. The van der Waals surface area contributed by atoms with E-state index in [1.54, 1.807) is 32.9 Å². The Morgan fingerprint density at radius 2 is 1.63 bits per heavy atom. The van der Waals surface area contributed by atoms with Crippen LogP contribution in [0.2, 0.25) is 0 Å². The molecule has 0 bridgehead atoms. The Bertz CT molecular complexity index is 1620. The highest BCUT2D eigenvalue weighted by molar-refractivity contribution is 5.99. The molecule has 0 spiro atoms. The third kappa shape index (κ3) is 9.91. The Morgan fingerprint density at radius 3 is 2.27 bits per heavy atom. The number of ether oxygens (including phenoxy) is 2. The van der Waals surface area contributed by atoms with Crippen LogP contribution in [0.25, 0.3) is 0 Å². The van der Waals surface area contributed by atoms with E-state index in [4.69, 9.17) is 9.47 Å². The van der Waals surface area contributed by atoms with Crippen LogP contribution in [0.4, 0.5) is 10.6 Å². The van der Waals surface area contributed by atoms with Crippen molar-refractivity contribution in [1.82, 2.24) is 25.5 Å². The van der Waals surface area contributed by atoms with Crippen LogP contribution < -0.4 is 16.0 Å². The fraction of sp³-hybridized carbons (Fsp3) is 0.444. The van der Waals surface area contributed by atoms with E-state index in [1.165, 1.54) is 32.1 Å². The Hall–Kier alpha value is -5.20. The maximum absolute atomic E-state index is 14.0. The molecule has 0 aliphatic carbocycles. The van der Waals surface area contributed by atoms with Crippen LogP contribution in [0.15, 0.2) is 66.9 Å². The van der Waals surface area contributed by atoms with Crippen LogP contribution in [0.1, 0.15) is 76.8 Å². The normalized spacial score (nSPS) is 15.9. The molecule has 13 nitrogen and oxygen atoms in total. The number of imidazole rings is 1. The second-order valence-corrected chi connectivity index (χ2v) is 13.5. The lowest BCUT2D eigenvalue weighted by molar-refractivity contribution is -0.151. The smallest absolute Gasteiger partial charge is 0.408 e. The first kappa shape index (κ1) is 36.6. The second kappa shape index (κ2) is 15.8. The van der Waals surface area contributed by atoms with Gasteiger partial charge in [-0.3, -0.25) is 14.4 Å². The fourth-order valence-corrected chi connectivity index (χ4v) is 5.58. The number of anilines is 1. The number of methoxy groups -OCH3 is 1. The number of aromatic amines is 1. The number of H-pyrrole nitrogens is 1. The molecular weight excluding hydrogens is 628 g/mol. The minimum absolute atomic E-state index is 0.143. The second-order valence-electron chi connectivity index (χ2n) is 13.5. The molecule has 3 atom stereocenters. The first-order chi connectivity index (χ1) is 23.2. The fourth-order valence-electron chi connectivity index (χ4n) is 5.58. The van der Waals surface area contributed by atoms with E-state index >= 15 is 0 Å². The lowest BCUT2D eigenvalue weighted by Gasteiger charge is -2.29. The number of likely N-dealkylation sites (tertiary alicyclic amines) is 1.